The summed E-state index contributed by atoms with van der Waals surface area (Å²) in [5.41, 5.74) is 16.0. The summed E-state index contributed by atoms with van der Waals surface area (Å²) >= 11 is 0. The van der Waals surface area contributed by atoms with Crippen molar-refractivity contribution in [3.8, 4) is 33.6 Å². The molecule has 4 heterocycles. The van der Waals surface area contributed by atoms with Crippen LogP contribution in [0.5, 0.6) is 0 Å². The van der Waals surface area contributed by atoms with Gasteiger partial charge in [-0.05, 0) is 117 Å². The number of rotatable bonds is 7. The second-order valence-corrected chi connectivity index (χ2v) is 19.6. The third kappa shape index (κ3) is 6.04. The molecule has 0 saturated carbocycles. The van der Waals surface area contributed by atoms with Gasteiger partial charge in [0.2, 0.25) is 6.17 Å². The summed E-state index contributed by atoms with van der Waals surface area (Å²) in [5.74, 6) is 0. The summed E-state index contributed by atoms with van der Waals surface area (Å²) in [5, 5.41) is 16.8. The van der Waals surface area contributed by atoms with E-state index in [4.69, 9.17) is 0 Å². The first kappa shape index (κ1) is 40.3. The van der Waals surface area contributed by atoms with E-state index in [-0.39, 0.29) is 18.5 Å². The topological polar surface area (TPSA) is 24.9 Å². The van der Waals surface area contributed by atoms with E-state index in [0.29, 0.717) is 0 Å². The Morgan fingerprint density at radius 3 is 1.70 bits per heavy atom. The van der Waals surface area contributed by atoms with Crippen molar-refractivity contribution in [2.75, 3.05) is 7.05 Å². The molecule has 0 bridgehead atoms. The van der Waals surface area contributed by atoms with Crippen LogP contribution >= 0.6 is 0 Å². The van der Waals surface area contributed by atoms with Crippen LogP contribution in [0.2, 0.25) is 0 Å². The zero-order chi connectivity index (χ0) is 46.8. The summed E-state index contributed by atoms with van der Waals surface area (Å²) in [6.07, 6.45) is 0.211. The van der Waals surface area contributed by atoms with E-state index in [0.717, 1.165) is 10.3 Å². The highest BCUT2D eigenvalue weighted by atomic mass is 16.0. The largest absolute Gasteiger partial charge is 0.309 e. The van der Waals surface area contributed by atoms with Gasteiger partial charge in [-0.3, -0.25) is 0 Å². The van der Waals surface area contributed by atoms with Crippen LogP contribution in [0.4, 0.5) is 0 Å². The second kappa shape index (κ2) is 15.5. The van der Waals surface area contributed by atoms with Crippen molar-refractivity contribution in [2.24, 2.45) is 0 Å². The molecule has 5 heteroatoms. The number of para-hydroxylation sites is 2. The number of nitrogens with one attached hydrogen (secondary N) is 1. The van der Waals surface area contributed by atoms with Crippen molar-refractivity contribution in [1.82, 2.24) is 19.5 Å². The van der Waals surface area contributed by atoms with Crippen LogP contribution < -0.4 is 5.32 Å². The highest BCUT2D eigenvalue weighted by molar-refractivity contribution is 6.22. The summed E-state index contributed by atoms with van der Waals surface area (Å²) in [7, 11) is 2.40. The summed E-state index contributed by atoms with van der Waals surface area (Å²) in [4.78, 5) is 0. The lowest BCUT2D eigenvalue weighted by molar-refractivity contribution is -0.880. The minimum Gasteiger partial charge on any atom is -0.309 e. The Bertz CT molecular complexity index is 4160. The van der Waals surface area contributed by atoms with E-state index in [1.165, 1.54) is 110 Å². The van der Waals surface area contributed by atoms with Crippen molar-refractivity contribution in [3.63, 3.8) is 0 Å². The Hall–Kier alpha value is -8.58. The van der Waals surface area contributed by atoms with Gasteiger partial charge in [0.05, 0.1) is 34.8 Å². The number of fused-ring (bicyclic) bond motifs is 10. The van der Waals surface area contributed by atoms with Gasteiger partial charge in [-0.15, -0.1) is 0 Å². The standard InChI is InChI=1S/C66H48N5/c1-71-65(67-64(50-25-14-22-47(39-50)43-17-4-2-5-18-43)70(71)66(71)51-26-15-23-48(40-51)44-19-6-3-7-20-44)46-33-36-52(37-34-46)68-58-30-12-10-28-54(58)57-42-56-49(41-62(57)68)24-16-32-60(56)69-59-31-13-11-29-55(59)63-53-27-9-8-21-45(53)35-38-61(63)69/h2-42,64-67H,1H3/q+1. The third-order valence-electron chi connectivity index (χ3n) is 15.8. The highest BCUT2D eigenvalue weighted by Crippen LogP contribution is 2.63. The number of benzene rings is 11. The predicted octanol–water partition coefficient (Wildman–Crippen LogP) is 16.2. The Kier molecular flexibility index (Phi) is 8.78. The molecule has 0 spiro atoms. The molecule has 0 aliphatic carbocycles. The predicted molar refractivity (Wildman–Crippen MR) is 293 cm³/mol. The maximum absolute atomic E-state index is 4.16. The lowest BCUT2D eigenvalue weighted by atomic mass is 10.00. The van der Waals surface area contributed by atoms with Crippen LogP contribution in [-0.4, -0.2) is 25.8 Å². The van der Waals surface area contributed by atoms with Gasteiger partial charge in [-0.25, -0.2) is 5.32 Å². The molecule has 2 aromatic heterocycles. The van der Waals surface area contributed by atoms with Gasteiger partial charge < -0.3 is 9.13 Å². The SMILES string of the molecule is C[N+]12C(c3ccc(-n4c5ccccc5c5cc6c(-n7c8ccccc8c8c9ccccc9ccc87)cccc6cc54)cc3)NC(c3cccc(-c4ccccc4)c3)N1C2c1cccc(-c2ccccc2)c1. The lowest BCUT2D eigenvalue weighted by Gasteiger charge is -2.22. The lowest BCUT2D eigenvalue weighted by Crippen LogP contribution is -2.33. The molecule has 0 radical (unpaired) electrons. The molecule has 71 heavy (non-hydrogen) atoms. The zero-order valence-electron chi connectivity index (χ0n) is 39.2. The number of hydrogen-bond donors (Lipinski definition) is 1. The van der Waals surface area contributed by atoms with Crippen LogP contribution in [0.15, 0.2) is 249 Å². The van der Waals surface area contributed by atoms with Crippen LogP contribution in [0.1, 0.15) is 35.2 Å². The zero-order valence-corrected chi connectivity index (χ0v) is 39.2. The van der Waals surface area contributed by atoms with Crippen LogP contribution in [0, 0.1) is 0 Å². The van der Waals surface area contributed by atoms with Crippen molar-refractivity contribution in [2.45, 2.75) is 18.5 Å². The molecule has 15 rings (SSSR count). The maximum atomic E-state index is 4.16. The van der Waals surface area contributed by atoms with Gasteiger partial charge in [0.15, 0.2) is 6.17 Å². The third-order valence-corrected chi connectivity index (χ3v) is 15.8. The molecule has 2 fully saturated rings. The Balaban J connectivity index is 0.844. The minimum atomic E-state index is 0.0103. The first-order valence-corrected chi connectivity index (χ1v) is 24.8. The maximum Gasteiger partial charge on any atom is 0.235 e. The Morgan fingerprint density at radius 2 is 0.958 bits per heavy atom. The van der Waals surface area contributed by atoms with E-state index in [2.05, 4.69) is 275 Å². The smallest absolute Gasteiger partial charge is 0.235 e. The van der Waals surface area contributed by atoms with Crippen molar-refractivity contribution in [3.05, 3.63) is 265 Å². The van der Waals surface area contributed by atoms with Crippen molar-refractivity contribution < 1.29 is 4.59 Å². The molecule has 2 aliphatic heterocycles. The van der Waals surface area contributed by atoms with Gasteiger partial charge >= 0.3 is 0 Å². The Labute approximate surface area is 411 Å². The normalized spacial score (nSPS) is 19.6. The van der Waals surface area contributed by atoms with Gasteiger partial charge in [0, 0.05) is 43.7 Å². The average molecular weight is 911 g/mol. The molecule has 5 unspecified atom stereocenters. The van der Waals surface area contributed by atoms with Crippen LogP contribution in [-0.2, 0) is 0 Å². The number of nitrogens with zero attached hydrogens (tertiary/aromatic N) is 4. The van der Waals surface area contributed by atoms with Crippen molar-refractivity contribution >= 4 is 65.2 Å². The van der Waals surface area contributed by atoms with Gasteiger partial charge in [-0.1, -0.05) is 181 Å². The minimum absolute atomic E-state index is 0.0103. The summed E-state index contributed by atoms with van der Waals surface area (Å²) < 4.78 is 5.68. The molecule has 5 nitrogen and oxygen atoms in total. The quantitative estimate of drug-likeness (QED) is 0.127. The van der Waals surface area contributed by atoms with E-state index in [1.54, 1.807) is 0 Å². The number of aromatic nitrogens is 2. The molecule has 0 amide bonds. The fourth-order valence-corrected chi connectivity index (χ4v) is 12.5. The number of quaternary nitrogens is 1. The van der Waals surface area contributed by atoms with Crippen molar-refractivity contribution in [1.29, 1.82) is 0 Å². The van der Waals surface area contributed by atoms with E-state index < -0.39 is 0 Å². The second-order valence-electron chi connectivity index (χ2n) is 19.6. The highest BCUT2D eigenvalue weighted by Gasteiger charge is 2.75. The van der Waals surface area contributed by atoms with E-state index >= 15 is 0 Å². The Morgan fingerprint density at radius 1 is 0.366 bits per heavy atom. The average Bonchev–Trinajstić information content (AvgIpc) is 3.63. The molecular formula is C66H48N5+. The van der Waals surface area contributed by atoms with E-state index in [9.17, 15) is 0 Å². The monoisotopic (exact) mass is 910 g/mol. The van der Waals surface area contributed by atoms with Gasteiger partial charge in [-0.2, -0.15) is 4.59 Å². The molecule has 1 N–H and O–H groups in total. The first-order valence-electron chi connectivity index (χ1n) is 24.8. The fourth-order valence-electron chi connectivity index (χ4n) is 12.5. The molecule has 2 saturated heterocycles. The summed E-state index contributed by atoms with van der Waals surface area (Å²) in [6.45, 7) is 0. The molecule has 11 aromatic carbocycles. The summed E-state index contributed by atoms with van der Waals surface area (Å²) in [6, 6.07) is 91.9. The van der Waals surface area contributed by atoms with E-state index in [1.807, 2.05) is 0 Å². The molecule has 13 aromatic rings. The van der Waals surface area contributed by atoms with Crippen LogP contribution in [0.25, 0.3) is 98.8 Å². The molecule has 2 aliphatic rings. The molecule has 5 atom stereocenters. The molecular weight excluding hydrogens is 863 g/mol. The van der Waals surface area contributed by atoms with Crippen LogP contribution in [0.3, 0.4) is 0 Å². The molecule has 336 valence electrons. The number of hydrogen-bond acceptors (Lipinski definition) is 2. The fraction of sp³-hybridized carbons (Fsp3) is 0.0606. The van der Waals surface area contributed by atoms with Gasteiger partial charge in [0.1, 0.15) is 6.17 Å². The first-order chi connectivity index (χ1) is 35.1. The van der Waals surface area contributed by atoms with Gasteiger partial charge in [0.25, 0.3) is 0 Å².